The van der Waals surface area contributed by atoms with Gasteiger partial charge in [0.25, 0.3) is 0 Å². The number of nitrogens with one attached hydrogen (secondary N) is 1. The molecule has 19 heavy (non-hydrogen) atoms. The van der Waals surface area contributed by atoms with Crippen molar-refractivity contribution in [3.63, 3.8) is 0 Å². The monoisotopic (exact) mass is 283 g/mol. The van der Waals surface area contributed by atoms with Crippen LogP contribution in [0.15, 0.2) is 0 Å². The van der Waals surface area contributed by atoms with Crippen LogP contribution in [-0.2, 0) is 6.42 Å². The average molecular weight is 283 g/mol. The van der Waals surface area contributed by atoms with Crippen molar-refractivity contribution in [1.82, 2.24) is 20.2 Å². The Labute approximate surface area is 119 Å². The predicted octanol–water partition coefficient (Wildman–Crippen LogP) is 0.380. The van der Waals surface area contributed by atoms with E-state index in [2.05, 4.69) is 48.2 Å². The number of hydrogen-bond donors (Lipinski definition) is 2. The number of aryl methyl sites for hydroxylation is 2. The van der Waals surface area contributed by atoms with E-state index < -0.39 is 0 Å². The van der Waals surface area contributed by atoms with E-state index in [1.165, 1.54) is 9.88 Å². The highest BCUT2D eigenvalue weighted by atomic mass is 32.1. The van der Waals surface area contributed by atoms with Crippen LogP contribution in [0.5, 0.6) is 0 Å². The third kappa shape index (κ3) is 3.52. The second kappa shape index (κ2) is 6.28. The summed E-state index contributed by atoms with van der Waals surface area (Å²) in [4.78, 5) is 10.7. The molecule has 0 aromatic carbocycles. The number of nitrogens with two attached hydrogens (primary N) is 1. The molecule has 0 amide bonds. The standard InChI is InChI=1S/C13H25N5S/c1-9-10(2)19-13(15-9)7-11(16-14)12-8-17(3)5-6-18(12)4/h11-12,16H,5-8,14H2,1-4H3. The number of hydrazine groups is 1. The maximum absolute atomic E-state index is 5.79. The summed E-state index contributed by atoms with van der Waals surface area (Å²) < 4.78 is 0. The number of likely N-dealkylation sites (N-methyl/N-ethyl adjacent to an activating group) is 2. The minimum absolute atomic E-state index is 0.248. The fourth-order valence-electron chi connectivity index (χ4n) is 2.60. The van der Waals surface area contributed by atoms with Crippen LogP contribution in [0.1, 0.15) is 15.6 Å². The fourth-order valence-corrected chi connectivity index (χ4v) is 3.59. The first kappa shape index (κ1) is 14.9. The molecule has 0 aliphatic carbocycles. The van der Waals surface area contributed by atoms with Crippen molar-refractivity contribution in [3.05, 3.63) is 15.6 Å². The van der Waals surface area contributed by atoms with Crippen molar-refractivity contribution >= 4 is 11.3 Å². The van der Waals surface area contributed by atoms with Gasteiger partial charge >= 0.3 is 0 Å². The normalized spacial score (nSPS) is 23.7. The second-order valence-electron chi connectivity index (χ2n) is 5.54. The van der Waals surface area contributed by atoms with Gasteiger partial charge in [0.1, 0.15) is 0 Å². The molecule has 1 saturated heterocycles. The molecule has 0 spiro atoms. The number of hydrogen-bond acceptors (Lipinski definition) is 6. The number of thiazole rings is 1. The van der Waals surface area contributed by atoms with Crippen molar-refractivity contribution in [2.45, 2.75) is 32.4 Å². The summed E-state index contributed by atoms with van der Waals surface area (Å²) >= 11 is 1.79. The molecule has 3 N–H and O–H groups in total. The summed E-state index contributed by atoms with van der Waals surface area (Å²) in [6.07, 6.45) is 0.901. The van der Waals surface area contributed by atoms with Gasteiger partial charge in [-0.1, -0.05) is 0 Å². The molecule has 1 aliphatic heterocycles. The molecule has 1 fully saturated rings. The van der Waals surface area contributed by atoms with Crippen molar-refractivity contribution < 1.29 is 0 Å². The lowest BCUT2D eigenvalue weighted by atomic mass is 10.0. The van der Waals surface area contributed by atoms with Crippen LogP contribution in [-0.4, -0.2) is 60.6 Å². The predicted molar refractivity (Wildman–Crippen MR) is 80.3 cm³/mol. The van der Waals surface area contributed by atoms with E-state index in [1.54, 1.807) is 11.3 Å². The molecular weight excluding hydrogens is 258 g/mol. The molecule has 0 radical (unpaired) electrons. The molecule has 0 saturated carbocycles. The Morgan fingerprint density at radius 2 is 2.16 bits per heavy atom. The molecule has 1 aromatic rings. The molecule has 1 aromatic heterocycles. The van der Waals surface area contributed by atoms with Gasteiger partial charge in [0.2, 0.25) is 0 Å². The van der Waals surface area contributed by atoms with Crippen molar-refractivity contribution in [1.29, 1.82) is 0 Å². The van der Waals surface area contributed by atoms with Crippen molar-refractivity contribution in [2.24, 2.45) is 5.84 Å². The maximum Gasteiger partial charge on any atom is 0.0947 e. The fraction of sp³-hybridized carbons (Fsp3) is 0.769. The molecule has 2 atom stereocenters. The summed E-state index contributed by atoms with van der Waals surface area (Å²) in [5.41, 5.74) is 4.14. The van der Waals surface area contributed by atoms with Gasteiger partial charge in [0, 0.05) is 43.0 Å². The summed E-state index contributed by atoms with van der Waals surface area (Å²) in [6.45, 7) is 7.46. The number of aromatic nitrogens is 1. The number of rotatable bonds is 4. The molecule has 5 nitrogen and oxygen atoms in total. The Morgan fingerprint density at radius 1 is 1.42 bits per heavy atom. The Kier molecular flexibility index (Phi) is 4.92. The van der Waals surface area contributed by atoms with Gasteiger partial charge in [-0.3, -0.25) is 16.2 Å². The van der Waals surface area contributed by atoms with Crippen LogP contribution in [0, 0.1) is 13.8 Å². The van der Waals surface area contributed by atoms with E-state index in [4.69, 9.17) is 5.84 Å². The third-order valence-electron chi connectivity index (χ3n) is 4.05. The first-order chi connectivity index (χ1) is 9.01. The van der Waals surface area contributed by atoms with E-state index in [-0.39, 0.29) is 6.04 Å². The Hall–Kier alpha value is -0.530. The minimum atomic E-state index is 0.248. The van der Waals surface area contributed by atoms with Crippen LogP contribution in [0.3, 0.4) is 0 Å². The Balaban J connectivity index is 2.06. The smallest absolute Gasteiger partial charge is 0.0947 e. The van der Waals surface area contributed by atoms with Gasteiger partial charge in [-0.2, -0.15) is 0 Å². The van der Waals surface area contributed by atoms with E-state index in [1.807, 2.05) is 0 Å². The SMILES string of the molecule is Cc1nc(CC(NN)C2CN(C)CCN2C)sc1C. The molecule has 1 aliphatic rings. The van der Waals surface area contributed by atoms with Crippen LogP contribution in [0.25, 0.3) is 0 Å². The lowest BCUT2D eigenvalue weighted by molar-refractivity contribution is 0.0876. The van der Waals surface area contributed by atoms with Gasteiger partial charge < -0.3 is 4.90 Å². The first-order valence-corrected chi connectivity index (χ1v) is 7.60. The van der Waals surface area contributed by atoms with Gasteiger partial charge in [-0.25, -0.2) is 4.98 Å². The molecular formula is C13H25N5S. The van der Waals surface area contributed by atoms with Crippen LogP contribution in [0.2, 0.25) is 0 Å². The second-order valence-corrected chi connectivity index (χ2v) is 6.82. The topological polar surface area (TPSA) is 57.4 Å². The zero-order chi connectivity index (χ0) is 14.0. The zero-order valence-corrected chi connectivity index (χ0v) is 13.1. The molecule has 2 heterocycles. The van der Waals surface area contributed by atoms with E-state index >= 15 is 0 Å². The number of nitrogens with zero attached hydrogens (tertiary/aromatic N) is 3. The number of piperazine rings is 1. The van der Waals surface area contributed by atoms with Gasteiger partial charge in [-0.15, -0.1) is 11.3 Å². The Morgan fingerprint density at radius 3 is 2.74 bits per heavy atom. The van der Waals surface area contributed by atoms with Crippen LogP contribution >= 0.6 is 11.3 Å². The summed E-state index contributed by atoms with van der Waals surface area (Å²) in [7, 11) is 4.35. The van der Waals surface area contributed by atoms with E-state index in [9.17, 15) is 0 Å². The molecule has 0 bridgehead atoms. The van der Waals surface area contributed by atoms with Crippen LogP contribution in [0.4, 0.5) is 0 Å². The largest absolute Gasteiger partial charge is 0.303 e. The van der Waals surface area contributed by atoms with Gasteiger partial charge in [-0.05, 0) is 27.9 Å². The molecule has 2 rings (SSSR count). The molecule has 108 valence electrons. The van der Waals surface area contributed by atoms with E-state index in [0.29, 0.717) is 6.04 Å². The quantitative estimate of drug-likeness (QED) is 0.618. The van der Waals surface area contributed by atoms with Crippen molar-refractivity contribution in [2.75, 3.05) is 33.7 Å². The highest BCUT2D eigenvalue weighted by Gasteiger charge is 2.30. The third-order valence-corrected chi connectivity index (χ3v) is 5.14. The van der Waals surface area contributed by atoms with Crippen molar-refractivity contribution in [3.8, 4) is 0 Å². The first-order valence-electron chi connectivity index (χ1n) is 6.79. The lowest BCUT2D eigenvalue weighted by Crippen LogP contribution is -2.60. The highest BCUT2D eigenvalue weighted by molar-refractivity contribution is 7.11. The minimum Gasteiger partial charge on any atom is -0.303 e. The average Bonchev–Trinajstić information content (AvgIpc) is 2.69. The molecule has 6 heteroatoms. The zero-order valence-electron chi connectivity index (χ0n) is 12.3. The van der Waals surface area contributed by atoms with E-state index in [0.717, 1.165) is 31.7 Å². The lowest BCUT2D eigenvalue weighted by Gasteiger charge is -2.41. The highest BCUT2D eigenvalue weighted by Crippen LogP contribution is 2.20. The Bertz CT molecular complexity index is 400. The molecule has 2 unspecified atom stereocenters. The summed E-state index contributed by atoms with van der Waals surface area (Å²) in [5, 5.41) is 1.18. The van der Waals surface area contributed by atoms with Gasteiger partial charge in [0.05, 0.1) is 10.7 Å². The summed E-state index contributed by atoms with van der Waals surface area (Å²) in [5.74, 6) is 5.79. The van der Waals surface area contributed by atoms with Gasteiger partial charge in [0.15, 0.2) is 0 Å². The summed E-state index contributed by atoms with van der Waals surface area (Å²) in [6, 6.07) is 0.686. The maximum atomic E-state index is 5.79. The van der Waals surface area contributed by atoms with Crippen LogP contribution < -0.4 is 11.3 Å².